The number of carbonyl (C=O) groups excluding carboxylic acids is 1. The van der Waals surface area contributed by atoms with Crippen LogP contribution in [0.1, 0.15) is 31.4 Å². The van der Waals surface area contributed by atoms with Crippen LogP contribution in [0.5, 0.6) is 0 Å². The first-order valence-electron chi connectivity index (χ1n) is 6.16. The molecule has 1 aromatic rings. The van der Waals surface area contributed by atoms with Gasteiger partial charge in [0.2, 0.25) is 5.91 Å². The van der Waals surface area contributed by atoms with Crippen LogP contribution in [0.3, 0.4) is 0 Å². The third-order valence-electron chi connectivity index (χ3n) is 2.94. The molecule has 0 bridgehead atoms. The van der Waals surface area contributed by atoms with E-state index in [0.29, 0.717) is 13.1 Å². The summed E-state index contributed by atoms with van der Waals surface area (Å²) in [7, 11) is 1.59. The molecule has 0 unspecified atom stereocenters. The maximum Gasteiger partial charge on any atom is 0.263 e. The van der Waals surface area contributed by atoms with Gasteiger partial charge in [0.25, 0.3) is 6.43 Å². The lowest BCUT2D eigenvalue weighted by Crippen LogP contribution is -2.41. The van der Waals surface area contributed by atoms with E-state index in [1.165, 1.54) is 12.1 Å². The van der Waals surface area contributed by atoms with Crippen LogP contribution in [-0.2, 0) is 11.3 Å². The first-order chi connectivity index (χ1) is 8.86. The Labute approximate surface area is 112 Å². The number of benzene rings is 1. The Bertz CT molecular complexity index is 433. The first-order valence-corrected chi connectivity index (χ1v) is 6.16. The second kappa shape index (κ2) is 6.61. The average Bonchev–Trinajstić information content (AvgIpc) is 2.37. The Balaban J connectivity index is 2.54. The molecule has 0 fully saturated rings. The molecule has 5 heteroatoms. The lowest BCUT2D eigenvalue weighted by molar-refractivity contribution is -0.128. The van der Waals surface area contributed by atoms with Crippen molar-refractivity contribution >= 4 is 5.91 Å². The van der Waals surface area contributed by atoms with E-state index in [-0.39, 0.29) is 11.5 Å². The van der Waals surface area contributed by atoms with E-state index in [9.17, 15) is 13.6 Å². The lowest BCUT2D eigenvalue weighted by atomic mass is 9.92. The summed E-state index contributed by atoms with van der Waals surface area (Å²) < 4.78 is 25.1. The minimum Gasteiger partial charge on any atom is -0.359 e. The molecule has 0 saturated carbocycles. The minimum absolute atomic E-state index is 0.0184. The molecule has 2 N–H and O–H groups in total. The molecule has 0 aliphatic heterocycles. The van der Waals surface area contributed by atoms with Gasteiger partial charge in [0, 0.05) is 25.7 Å². The van der Waals surface area contributed by atoms with Crippen LogP contribution < -0.4 is 10.6 Å². The molecule has 0 aromatic heterocycles. The Hall–Kier alpha value is -1.49. The molecule has 0 radical (unpaired) electrons. The lowest BCUT2D eigenvalue weighted by Gasteiger charge is -2.23. The number of amides is 1. The van der Waals surface area contributed by atoms with Crippen molar-refractivity contribution in [3.63, 3.8) is 0 Å². The van der Waals surface area contributed by atoms with Gasteiger partial charge in [-0.15, -0.1) is 0 Å². The van der Waals surface area contributed by atoms with Crippen LogP contribution in [0.15, 0.2) is 24.3 Å². The predicted molar refractivity (Wildman–Crippen MR) is 71.0 cm³/mol. The van der Waals surface area contributed by atoms with E-state index in [0.717, 1.165) is 5.56 Å². The largest absolute Gasteiger partial charge is 0.359 e. The van der Waals surface area contributed by atoms with Crippen molar-refractivity contribution in [2.24, 2.45) is 5.41 Å². The van der Waals surface area contributed by atoms with E-state index >= 15 is 0 Å². The van der Waals surface area contributed by atoms with Gasteiger partial charge in [-0.25, -0.2) is 8.78 Å². The molecular weight excluding hydrogens is 250 g/mol. The maximum atomic E-state index is 12.5. The third-order valence-corrected chi connectivity index (χ3v) is 2.94. The quantitative estimate of drug-likeness (QED) is 0.834. The molecule has 0 spiro atoms. The summed E-state index contributed by atoms with van der Waals surface area (Å²) in [5.74, 6) is -0.0543. The van der Waals surface area contributed by atoms with Crippen LogP contribution in [0, 0.1) is 5.41 Å². The van der Waals surface area contributed by atoms with Crippen molar-refractivity contribution in [3.8, 4) is 0 Å². The van der Waals surface area contributed by atoms with Crippen molar-refractivity contribution in [3.05, 3.63) is 35.4 Å². The predicted octanol–water partition coefficient (Wildman–Crippen LogP) is 2.49. The molecule has 0 aliphatic rings. The monoisotopic (exact) mass is 270 g/mol. The van der Waals surface area contributed by atoms with Gasteiger partial charge in [-0.3, -0.25) is 4.79 Å². The number of carbonyl (C=O) groups is 1. The molecule has 0 atom stereocenters. The van der Waals surface area contributed by atoms with Crippen LogP contribution in [0.2, 0.25) is 0 Å². The van der Waals surface area contributed by atoms with Crippen molar-refractivity contribution in [1.29, 1.82) is 0 Å². The van der Waals surface area contributed by atoms with Gasteiger partial charge >= 0.3 is 0 Å². The standard InChI is InChI=1S/C14H20F2N2O/c1-14(2,13(19)17-3)9-18-8-10-5-4-6-11(7-10)12(15)16/h4-7,12,18H,8-9H2,1-3H3,(H,17,19). The molecule has 106 valence electrons. The molecule has 0 heterocycles. The zero-order valence-corrected chi connectivity index (χ0v) is 11.5. The second-order valence-corrected chi connectivity index (χ2v) is 5.11. The normalized spacial score (nSPS) is 11.7. The smallest absolute Gasteiger partial charge is 0.263 e. The van der Waals surface area contributed by atoms with E-state index in [1.807, 2.05) is 13.8 Å². The summed E-state index contributed by atoms with van der Waals surface area (Å²) in [6.45, 7) is 4.59. The molecular formula is C14H20F2N2O. The number of hydrogen-bond acceptors (Lipinski definition) is 2. The third kappa shape index (κ3) is 4.59. The van der Waals surface area contributed by atoms with Crippen molar-refractivity contribution in [1.82, 2.24) is 10.6 Å². The van der Waals surface area contributed by atoms with Crippen LogP contribution in [-0.4, -0.2) is 19.5 Å². The highest BCUT2D eigenvalue weighted by Crippen LogP contribution is 2.19. The summed E-state index contributed by atoms with van der Waals surface area (Å²) in [6.07, 6.45) is -2.46. The molecule has 0 saturated heterocycles. The highest BCUT2D eigenvalue weighted by molar-refractivity contribution is 5.81. The van der Waals surface area contributed by atoms with Crippen molar-refractivity contribution < 1.29 is 13.6 Å². The van der Waals surface area contributed by atoms with E-state index in [4.69, 9.17) is 0 Å². The van der Waals surface area contributed by atoms with Gasteiger partial charge < -0.3 is 10.6 Å². The second-order valence-electron chi connectivity index (χ2n) is 5.11. The fraction of sp³-hybridized carbons (Fsp3) is 0.500. The van der Waals surface area contributed by atoms with Crippen molar-refractivity contribution in [2.75, 3.05) is 13.6 Å². The van der Waals surface area contributed by atoms with Crippen molar-refractivity contribution in [2.45, 2.75) is 26.8 Å². The zero-order chi connectivity index (χ0) is 14.5. The summed E-state index contributed by atoms with van der Waals surface area (Å²) in [5, 5.41) is 5.72. The molecule has 0 aliphatic carbocycles. The first kappa shape index (κ1) is 15.6. The van der Waals surface area contributed by atoms with Gasteiger partial charge in [-0.05, 0) is 25.5 Å². The maximum absolute atomic E-state index is 12.5. The van der Waals surface area contributed by atoms with Gasteiger partial charge in [0.05, 0.1) is 5.41 Å². The Morgan fingerprint density at radius 1 is 1.37 bits per heavy atom. The number of nitrogens with one attached hydrogen (secondary N) is 2. The fourth-order valence-electron chi connectivity index (χ4n) is 1.78. The van der Waals surface area contributed by atoms with Crippen LogP contribution >= 0.6 is 0 Å². The molecule has 1 aromatic carbocycles. The SMILES string of the molecule is CNC(=O)C(C)(C)CNCc1cccc(C(F)F)c1. The number of halogens is 2. The Morgan fingerprint density at radius 2 is 2.05 bits per heavy atom. The zero-order valence-electron chi connectivity index (χ0n) is 11.5. The fourth-order valence-corrected chi connectivity index (χ4v) is 1.78. The molecule has 19 heavy (non-hydrogen) atoms. The van der Waals surface area contributed by atoms with E-state index in [2.05, 4.69) is 10.6 Å². The number of hydrogen-bond donors (Lipinski definition) is 2. The van der Waals surface area contributed by atoms with Crippen LogP contribution in [0.25, 0.3) is 0 Å². The number of alkyl halides is 2. The van der Waals surface area contributed by atoms with Gasteiger partial charge in [0.15, 0.2) is 0 Å². The average molecular weight is 270 g/mol. The van der Waals surface area contributed by atoms with Gasteiger partial charge in [-0.2, -0.15) is 0 Å². The van der Waals surface area contributed by atoms with Crippen LogP contribution in [0.4, 0.5) is 8.78 Å². The molecule has 1 rings (SSSR count). The Morgan fingerprint density at radius 3 is 2.63 bits per heavy atom. The number of rotatable bonds is 6. The van der Waals surface area contributed by atoms with Gasteiger partial charge in [0.1, 0.15) is 0 Å². The Kier molecular flexibility index (Phi) is 5.42. The minimum atomic E-state index is -2.46. The summed E-state index contributed by atoms with van der Waals surface area (Å²) >= 11 is 0. The summed E-state index contributed by atoms with van der Waals surface area (Å²) in [4.78, 5) is 11.6. The highest BCUT2D eigenvalue weighted by atomic mass is 19.3. The van der Waals surface area contributed by atoms with E-state index < -0.39 is 11.8 Å². The summed E-state index contributed by atoms with van der Waals surface area (Å²) in [6, 6.07) is 6.28. The molecule has 3 nitrogen and oxygen atoms in total. The highest BCUT2D eigenvalue weighted by Gasteiger charge is 2.25. The van der Waals surface area contributed by atoms with E-state index in [1.54, 1.807) is 19.2 Å². The topological polar surface area (TPSA) is 41.1 Å². The summed E-state index contributed by atoms with van der Waals surface area (Å²) in [5.41, 5.74) is 0.269. The molecule has 1 amide bonds. The van der Waals surface area contributed by atoms with Gasteiger partial charge in [-0.1, -0.05) is 18.2 Å².